The first-order valence-corrected chi connectivity index (χ1v) is 8.03. The summed E-state index contributed by atoms with van der Waals surface area (Å²) in [6, 6.07) is 2.26. The number of fused-ring (bicyclic) bond motifs is 1. The molecule has 106 valence electrons. The highest BCUT2D eigenvalue weighted by Gasteiger charge is 2.24. The number of aryl methyl sites for hydroxylation is 2. The van der Waals surface area contributed by atoms with Crippen LogP contribution in [0.15, 0.2) is 11.2 Å². The van der Waals surface area contributed by atoms with Gasteiger partial charge in [-0.15, -0.1) is 0 Å². The molecule has 0 amide bonds. The second-order valence-electron chi connectivity index (χ2n) is 5.53. The van der Waals surface area contributed by atoms with Crippen LogP contribution >= 0.6 is 11.8 Å². The summed E-state index contributed by atoms with van der Waals surface area (Å²) in [6.45, 7) is 10.3. The summed E-state index contributed by atoms with van der Waals surface area (Å²) in [5.41, 5.74) is 14.9. The molecule has 3 rings (SSSR count). The minimum absolute atomic E-state index is 0.550. The Kier molecular flexibility index (Phi) is 3.38. The van der Waals surface area contributed by atoms with E-state index in [1.54, 1.807) is 0 Å². The van der Waals surface area contributed by atoms with Crippen molar-refractivity contribution in [2.24, 2.45) is 5.73 Å². The van der Waals surface area contributed by atoms with Crippen molar-refractivity contribution in [1.82, 2.24) is 9.55 Å². The van der Waals surface area contributed by atoms with E-state index in [0.717, 1.165) is 23.1 Å². The molecule has 2 heterocycles. The van der Waals surface area contributed by atoms with E-state index in [9.17, 15) is 0 Å². The lowest BCUT2D eigenvalue weighted by atomic mass is 9.91. The molecule has 4 heteroatoms. The molecule has 2 aromatic rings. The summed E-state index contributed by atoms with van der Waals surface area (Å²) in [6.07, 6.45) is 0. The van der Waals surface area contributed by atoms with Gasteiger partial charge in [0.25, 0.3) is 0 Å². The quantitative estimate of drug-likeness (QED) is 0.921. The van der Waals surface area contributed by atoms with Crippen LogP contribution in [0.1, 0.15) is 27.9 Å². The van der Waals surface area contributed by atoms with Crippen molar-refractivity contribution in [1.29, 1.82) is 0 Å². The van der Waals surface area contributed by atoms with Crippen LogP contribution in [0.4, 0.5) is 0 Å². The topological polar surface area (TPSA) is 43.8 Å². The van der Waals surface area contributed by atoms with Gasteiger partial charge in [0.2, 0.25) is 0 Å². The molecule has 0 fully saturated rings. The maximum absolute atomic E-state index is 6.01. The average molecular weight is 287 g/mol. The minimum atomic E-state index is 0.550. The monoisotopic (exact) mass is 287 g/mol. The van der Waals surface area contributed by atoms with Gasteiger partial charge >= 0.3 is 0 Å². The van der Waals surface area contributed by atoms with E-state index < -0.39 is 0 Å². The number of rotatable bonds is 2. The largest absolute Gasteiger partial charge is 0.325 e. The van der Waals surface area contributed by atoms with Crippen molar-refractivity contribution in [3.8, 4) is 11.3 Å². The van der Waals surface area contributed by atoms with E-state index in [1.807, 2.05) is 11.8 Å². The first kappa shape index (κ1) is 13.7. The van der Waals surface area contributed by atoms with Crippen LogP contribution in [0.5, 0.6) is 0 Å². The van der Waals surface area contributed by atoms with Gasteiger partial charge in [-0.2, -0.15) is 0 Å². The standard InChI is InChI=1S/C16H21N3S/c1-9-7-10(2)12(4)14(11(9)3)15-13(8-17)19-5-6-20-16(19)18-15/h7H,5-6,8,17H2,1-4H3. The van der Waals surface area contributed by atoms with Crippen LogP contribution in [-0.4, -0.2) is 15.3 Å². The van der Waals surface area contributed by atoms with Gasteiger partial charge < -0.3 is 10.3 Å². The summed E-state index contributed by atoms with van der Waals surface area (Å²) in [5, 5.41) is 1.12. The third-order valence-corrected chi connectivity index (χ3v) is 5.34. The maximum Gasteiger partial charge on any atom is 0.168 e. The van der Waals surface area contributed by atoms with Crippen molar-refractivity contribution in [3.05, 3.63) is 34.0 Å². The molecule has 1 aromatic heterocycles. The maximum atomic E-state index is 6.01. The van der Waals surface area contributed by atoms with Gasteiger partial charge in [-0.1, -0.05) is 17.8 Å². The Morgan fingerprint density at radius 2 is 1.85 bits per heavy atom. The number of hydrogen-bond donors (Lipinski definition) is 1. The molecule has 1 aliphatic heterocycles. The van der Waals surface area contributed by atoms with Crippen LogP contribution in [0.25, 0.3) is 11.3 Å². The van der Waals surface area contributed by atoms with Crippen LogP contribution in [0.2, 0.25) is 0 Å². The molecule has 3 nitrogen and oxygen atoms in total. The molecule has 0 aliphatic carbocycles. The van der Waals surface area contributed by atoms with E-state index in [4.69, 9.17) is 10.7 Å². The molecule has 0 saturated carbocycles. The van der Waals surface area contributed by atoms with Crippen LogP contribution in [-0.2, 0) is 13.1 Å². The zero-order chi connectivity index (χ0) is 14.4. The highest BCUT2D eigenvalue weighted by molar-refractivity contribution is 7.99. The molecule has 0 unspecified atom stereocenters. The zero-order valence-corrected chi connectivity index (χ0v) is 13.4. The molecule has 1 aromatic carbocycles. The van der Waals surface area contributed by atoms with Gasteiger partial charge in [0.05, 0.1) is 11.4 Å². The first-order chi connectivity index (χ1) is 9.54. The Bertz CT molecular complexity index is 660. The molecular formula is C16H21N3S. The second-order valence-corrected chi connectivity index (χ2v) is 6.59. The normalized spacial score (nSPS) is 13.8. The van der Waals surface area contributed by atoms with Gasteiger partial charge in [0.1, 0.15) is 0 Å². The fourth-order valence-electron chi connectivity index (χ4n) is 3.01. The third-order valence-electron chi connectivity index (χ3n) is 4.38. The van der Waals surface area contributed by atoms with Gasteiger partial charge in [0.15, 0.2) is 5.16 Å². The van der Waals surface area contributed by atoms with Crippen molar-refractivity contribution in [2.75, 3.05) is 5.75 Å². The lowest BCUT2D eigenvalue weighted by Gasteiger charge is -2.15. The highest BCUT2D eigenvalue weighted by Crippen LogP contribution is 2.37. The summed E-state index contributed by atoms with van der Waals surface area (Å²) < 4.78 is 2.29. The van der Waals surface area contributed by atoms with Crippen molar-refractivity contribution >= 4 is 11.8 Å². The number of nitrogens with two attached hydrogens (primary N) is 1. The average Bonchev–Trinajstić information content (AvgIpc) is 2.97. The minimum Gasteiger partial charge on any atom is -0.325 e. The summed E-state index contributed by atoms with van der Waals surface area (Å²) in [5.74, 6) is 1.11. The number of hydrogen-bond acceptors (Lipinski definition) is 3. The molecule has 0 bridgehead atoms. The number of nitrogens with zero attached hydrogens (tertiary/aromatic N) is 2. The molecule has 0 atom stereocenters. The highest BCUT2D eigenvalue weighted by atomic mass is 32.2. The Hall–Kier alpha value is -1.26. The molecule has 20 heavy (non-hydrogen) atoms. The lowest BCUT2D eigenvalue weighted by Crippen LogP contribution is -2.08. The van der Waals surface area contributed by atoms with E-state index in [-0.39, 0.29) is 0 Å². The van der Waals surface area contributed by atoms with E-state index in [2.05, 4.69) is 38.3 Å². The molecule has 0 saturated heterocycles. The Labute approximate surface area is 124 Å². The molecule has 0 spiro atoms. The van der Waals surface area contributed by atoms with Gasteiger partial charge in [-0.25, -0.2) is 4.98 Å². The fraction of sp³-hybridized carbons (Fsp3) is 0.438. The first-order valence-electron chi connectivity index (χ1n) is 7.04. The lowest BCUT2D eigenvalue weighted by molar-refractivity contribution is 0.678. The van der Waals surface area contributed by atoms with Crippen LogP contribution < -0.4 is 5.73 Å². The molecular weight excluding hydrogens is 266 g/mol. The van der Waals surface area contributed by atoms with E-state index >= 15 is 0 Å². The molecule has 1 aliphatic rings. The third kappa shape index (κ3) is 1.90. The number of imidazole rings is 1. The number of benzene rings is 1. The zero-order valence-electron chi connectivity index (χ0n) is 12.6. The van der Waals surface area contributed by atoms with Gasteiger partial charge in [-0.05, 0) is 49.9 Å². The van der Waals surface area contributed by atoms with E-state index in [0.29, 0.717) is 6.54 Å². The van der Waals surface area contributed by atoms with Gasteiger partial charge in [-0.3, -0.25) is 0 Å². The smallest absolute Gasteiger partial charge is 0.168 e. The second kappa shape index (κ2) is 4.93. The van der Waals surface area contributed by atoms with Crippen molar-refractivity contribution in [3.63, 3.8) is 0 Å². The van der Waals surface area contributed by atoms with Crippen molar-refractivity contribution < 1.29 is 0 Å². The predicted octanol–water partition coefficient (Wildman–Crippen LogP) is 3.35. The summed E-state index contributed by atoms with van der Waals surface area (Å²) in [4.78, 5) is 4.88. The van der Waals surface area contributed by atoms with Crippen LogP contribution in [0.3, 0.4) is 0 Å². The number of thioether (sulfide) groups is 1. The van der Waals surface area contributed by atoms with Crippen molar-refractivity contribution in [2.45, 2.75) is 45.9 Å². The fourth-order valence-corrected chi connectivity index (χ4v) is 3.98. The predicted molar refractivity (Wildman–Crippen MR) is 85.2 cm³/mol. The molecule has 0 radical (unpaired) electrons. The Morgan fingerprint density at radius 1 is 1.20 bits per heavy atom. The summed E-state index contributed by atoms with van der Waals surface area (Å²) >= 11 is 1.83. The number of aromatic nitrogens is 2. The van der Waals surface area contributed by atoms with E-state index in [1.165, 1.54) is 33.5 Å². The SMILES string of the molecule is Cc1cc(C)c(C)c(-c2nc3n(c2CN)CCS3)c1C. The Morgan fingerprint density at radius 3 is 2.45 bits per heavy atom. The van der Waals surface area contributed by atoms with Gasteiger partial charge in [0, 0.05) is 24.4 Å². The van der Waals surface area contributed by atoms with Crippen LogP contribution in [0, 0.1) is 27.7 Å². The summed E-state index contributed by atoms with van der Waals surface area (Å²) in [7, 11) is 0. The Balaban J connectivity index is 2.30. The molecule has 2 N–H and O–H groups in total.